The van der Waals surface area contributed by atoms with Gasteiger partial charge in [-0.2, -0.15) is 0 Å². The number of anilines is 1. The van der Waals surface area contributed by atoms with Gasteiger partial charge in [-0.15, -0.1) is 0 Å². The van der Waals surface area contributed by atoms with Crippen LogP contribution in [0.25, 0.3) is 0 Å². The lowest BCUT2D eigenvalue weighted by Gasteiger charge is -2.29. The normalized spacial score (nSPS) is 16.9. The molecule has 20 heavy (non-hydrogen) atoms. The highest BCUT2D eigenvalue weighted by Crippen LogP contribution is 2.38. The van der Waals surface area contributed by atoms with Crippen molar-refractivity contribution in [1.29, 1.82) is 0 Å². The van der Waals surface area contributed by atoms with E-state index in [1.165, 1.54) is 16.7 Å². The maximum Gasteiger partial charge on any atom is 0.142 e. The number of rotatable bonds is 2. The second-order valence-electron chi connectivity index (χ2n) is 5.20. The van der Waals surface area contributed by atoms with E-state index in [1.54, 1.807) is 7.11 Å². The standard InChI is InChI=1S/C17H19NO2/c1-11-8-12(2)17(16(9-11)19-3)14-10-20-15-7-5-4-6-13(15)18-14/h4-9,14,18H,10H2,1-3H3. The average molecular weight is 269 g/mol. The number of fused-ring (bicyclic) bond motifs is 1. The summed E-state index contributed by atoms with van der Waals surface area (Å²) in [5.41, 5.74) is 4.64. The number of hydrogen-bond acceptors (Lipinski definition) is 3. The smallest absolute Gasteiger partial charge is 0.142 e. The number of aryl methyl sites for hydroxylation is 2. The molecule has 0 spiro atoms. The summed E-state index contributed by atoms with van der Waals surface area (Å²) in [4.78, 5) is 0. The Morgan fingerprint density at radius 2 is 2.00 bits per heavy atom. The molecule has 0 aromatic heterocycles. The highest BCUT2D eigenvalue weighted by molar-refractivity contribution is 5.60. The second kappa shape index (κ2) is 5.08. The summed E-state index contributed by atoms with van der Waals surface area (Å²) in [5.74, 6) is 1.83. The van der Waals surface area contributed by atoms with Gasteiger partial charge in [0, 0.05) is 5.56 Å². The lowest BCUT2D eigenvalue weighted by molar-refractivity contribution is 0.282. The first-order valence-electron chi connectivity index (χ1n) is 6.82. The van der Waals surface area contributed by atoms with Crippen LogP contribution in [0, 0.1) is 13.8 Å². The van der Waals surface area contributed by atoms with Crippen molar-refractivity contribution >= 4 is 5.69 Å². The molecule has 0 saturated carbocycles. The van der Waals surface area contributed by atoms with Gasteiger partial charge < -0.3 is 14.8 Å². The summed E-state index contributed by atoms with van der Waals surface area (Å²) in [6.45, 7) is 4.81. The second-order valence-corrected chi connectivity index (χ2v) is 5.20. The molecule has 1 atom stereocenters. The molecule has 2 aromatic carbocycles. The Bertz CT molecular complexity index is 637. The van der Waals surface area contributed by atoms with Crippen LogP contribution >= 0.6 is 0 Å². The van der Waals surface area contributed by atoms with Gasteiger partial charge >= 0.3 is 0 Å². The van der Waals surface area contributed by atoms with Crippen molar-refractivity contribution in [3.8, 4) is 11.5 Å². The molecule has 3 heteroatoms. The lowest BCUT2D eigenvalue weighted by atomic mass is 9.97. The molecule has 3 nitrogen and oxygen atoms in total. The molecule has 1 unspecified atom stereocenters. The first-order valence-corrected chi connectivity index (χ1v) is 6.82. The molecule has 0 radical (unpaired) electrons. The SMILES string of the molecule is COc1cc(C)cc(C)c1C1COc2ccccc2N1. The zero-order chi connectivity index (χ0) is 14.1. The highest BCUT2D eigenvalue weighted by atomic mass is 16.5. The van der Waals surface area contributed by atoms with Crippen molar-refractivity contribution < 1.29 is 9.47 Å². The maximum absolute atomic E-state index is 5.86. The minimum Gasteiger partial charge on any atom is -0.496 e. The van der Waals surface area contributed by atoms with Gasteiger partial charge in [0.05, 0.1) is 18.8 Å². The Morgan fingerprint density at radius 1 is 1.20 bits per heavy atom. The predicted molar refractivity (Wildman–Crippen MR) is 80.8 cm³/mol. The van der Waals surface area contributed by atoms with E-state index in [1.807, 2.05) is 24.3 Å². The molecule has 1 heterocycles. The molecule has 0 fully saturated rings. The van der Waals surface area contributed by atoms with Gasteiger partial charge in [-0.25, -0.2) is 0 Å². The van der Waals surface area contributed by atoms with Crippen LogP contribution in [-0.2, 0) is 0 Å². The third-order valence-electron chi connectivity index (χ3n) is 3.68. The summed E-state index contributed by atoms with van der Waals surface area (Å²) in [5, 5.41) is 3.54. The Kier molecular flexibility index (Phi) is 3.26. The Balaban J connectivity index is 1.99. The number of para-hydroxylation sites is 2. The van der Waals surface area contributed by atoms with E-state index in [0.29, 0.717) is 6.61 Å². The van der Waals surface area contributed by atoms with Gasteiger partial charge in [-0.1, -0.05) is 18.2 Å². The van der Waals surface area contributed by atoms with Gasteiger partial charge in [0.2, 0.25) is 0 Å². The zero-order valence-electron chi connectivity index (χ0n) is 12.1. The molecule has 0 saturated heterocycles. The molecule has 104 valence electrons. The quantitative estimate of drug-likeness (QED) is 0.898. The molecule has 0 aliphatic carbocycles. The Morgan fingerprint density at radius 3 is 2.80 bits per heavy atom. The monoisotopic (exact) mass is 269 g/mol. The van der Waals surface area contributed by atoms with E-state index in [2.05, 4.69) is 31.3 Å². The van der Waals surface area contributed by atoms with Crippen LogP contribution in [0.4, 0.5) is 5.69 Å². The van der Waals surface area contributed by atoms with Crippen molar-refractivity contribution in [3.05, 3.63) is 53.1 Å². The molecular weight excluding hydrogens is 250 g/mol. The van der Waals surface area contributed by atoms with E-state index in [0.717, 1.165) is 17.2 Å². The number of hydrogen-bond donors (Lipinski definition) is 1. The fourth-order valence-corrected chi connectivity index (χ4v) is 2.82. The van der Waals surface area contributed by atoms with Gasteiger partial charge in [-0.3, -0.25) is 0 Å². The van der Waals surface area contributed by atoms with E-state index < -0.39 is 0 Å². The van der Waals surface area contributed by atoms with Gasteiger partial charge in [0.15, 0.2) is 0 Å². The van der Waals surface area contributed by atoms with Gasteiger partial charge in [0.1, 0.15) is 18.1 Å². The molecule has 3 rings (SSSR count). The lowest BCUT2D eigenvalue weighted by Crippen LogP contribution is -2.25. The van der Waals surface area contributed by atoms with Crippen LogP contribution in [0.5, 0.6) is 11.5 Å². The number of benzene rings is 2. The van der Waals surface area contributed by atoms with Gasteiger partial charge in [0.25, 0.3) is 0 Å². The molecule has 1 aliphatic heterocycles. The fourth-order valence-electron chi connectivity index (χ4n) is 2.82. The summed E-state index contributed by atoms with van der Waals surface area (Å²) >= 11 is 0. The minimum atomic E-state index is 0.112. The molecular formula is C17H19NO2. The zero-order valence-corrected chi connectivity index (χ0v) is 12.1. The van der Waals surface area contributed by atoms with Crippen LogP contribution in [0.2, 0.25) is 0 Å². The van der Waals surface area contributed by atoms with E-state index >= 15 is 0 Å². The molecule has 2 aromatic rings. The van der Waals surface area contributed by atoms with E-state index in [4.69, 9.17) is 9.47 Å². The van der Waals surface area contributed by atoms with E-state index in [-0.39, 0.29) is 6.04 Å². The van der Waals surface area contributed by atoms with Gasteiger partial charge in [-0.05, 0) is 43.2 Å². The van der Waals surface area contributed by atoms with Crippen LogP contribution in [-0.4, -0.2) is 13.7 Å². The number of methoxy groups -OCH3 is 1. The van der Waals surface area contributed by atoms with Crippen molar-refractivity contribution in [3.63, 3.8) is 0 Å². The van der Waals surface area contributed by atoms with Crippen molar-refractivity contribution in [1.82, 2.24) is 0 Å². The highest BCUT2D eigenvalue weighted by Gasteiger charge is 2.24. The summed E-state index contributed by atoms with van der Waals surface area (Å²) < 4.78 is 11.4. The fraction of sp³-hybridized carbons (Fsp3) is 0.294. The number of nitrogens with one attached hydrogen (secondary N) is 1. The molecule has 0 amide bonds. The maximum atomic E-state index is 5.86. The molecule has 0 bridgehead atoms. The Hall–Kier alpha value is -2.16. The number of ether oxygens (including phenoxy) is 2. The van der Waals surface area contributed by atoms with Crippen molar-refractivity contribution in [2.24, 2.45) is 0 Å². The average Bonchev–Trinajstić information content (AvgIpc) is 2.46. The summed E-state index contributed by atoms with van der Waals surface area (Å²) in [6.07, 6.45) is 0. The van der Waals surface area contributed by atoms with Crippen LogP contribution in [0.3, 0.4) is 0 Å². The summed E-state index contributed by atoms with van der Waals surface area (Å²) in [7, 11) is 1.72. The third-order valence-corrected chi connectivity index (χ3v) is 3.68. The largest absolute Gasteiger partial charge is 0.496 e. The molecule has 1 N–H and O–H groups in total. The van der Waals surface area contributed by atoms with Crippen molar-refractivity contribution in [2.45, 2.75) is 19.9 Å². The predicted octanol–water partition coefficient (Wildman–Crippen LogP) is 3.86. The first kappa shape index (κ1) is 12.9. The first-order chi connectivity index (χ1) is 9.69. The minimum absolute atomic E-state index is 0.112. The third kappa shape index (κ3) is 2.20. The molecule has 1 aliphatic rings. The Labute approximate surface area is 119 Å². The van der Waals surface area contributed by atoms with Crippen LogP contribution in [0.1, 0.15) is 22.7 Å². The van der Waals surface area contributed by atoms with Crippen LogP contribution < -0.4 is 14.8 Å². The summed E-state index contributed by atoms with van der Waals surface area (Å²) in [6, 6.07) is 12.4. The van der Waals surface area contributed by atoms with E-state index in [9.17, 15) is 0 Å². The van der Waals surface area contributed by atoms with Crippen LogP contribution in [0.15, 0.2) is 36.4 Å². The topological polar surface area (TPSA) is 30.5 Å². The van der Waals surface area contributed by atoms with Crippen molar-refractivity contribution in [2.75, 3.05) is 19.0 Å².